The fraction of sp³-hybridized carbons (Fsp3) is 0.611. The maximum absolute atomic E-state index is 14.4. The molecule has 2 aliphatic rings. The molecule has 2 unspecified atom stereocenters. The van der Waals surface area contributed by atoms with Crippen molar-refractivity contribution in [2.45, 2.75) is 37.8 Å². The lowest BCUT2D eigenvalue weighted by molar-refractivity contribution is 0.00215. The Bertz CT molecular complexity index is 699. The number of hydrogen-bond acceptors (Lipinski definition) is 4. The average Bonchev–Trinajstić information content (AvgIpc) is 3.15. The molecule has 1 aromatic heterocycles. The molecule has 6 heteroatoms. The summed E-state index contributed by atoms with van der Waals surface area (Å²) < 4.78 is 27.7. The van der Waals surface area contributed by atoms with Gasteiger partial charge in [0.05, 0.1) is 11.0 Å². The Kier molecular flexibility index (Phi) is 4.52. The molecule has 0 saturated carbocycles. The van der Waals surface area contributed by atoms with Crippen LogP contribution in [-0.4, -0.2) is 59.1 Å². The van der Waals surface area contributed by atoms with Crippen molar-refractivity contribution in [3.05, 3.63) is 30.1 Å². The van der Waals surface area contributed by atoms with Crippen molar-refractivity contribution in [1.82, 2.24) is 14.5 Å². The fourth-order valence-electron chi connectivity index (χ4n) is 3.77. The number of imidazole rings is 1. The van der Waals surface area contributed by atoms with Crippen molar-refractivity contribution in [1.29, 1.82) is 0 Å². The molecule has 130 valence electrons. The lowest BCUT2D eigenvalue weighted by Gasteiger charge is -2.30. The van der Waals surface area contributed by atoms with Crippen molar-refractivity contribution < 1.29 is 13.9 Å². The number of hydrogen-bond donors (Lipinski definition) is 0. The van der Waals surface area contributed by atoms with Crippen LogP contribution in [0.25, 0.3) is 11.0 Å². The predicted octanol–water partition coefficient (Wildman–Crippen LogP) is 2.29. The number of aryl methyl sites for hydroxylation is 1. The lowest BCUT2D eigenvalue weighted by atomic mass is 10.1. The van der Waals surface area contributed by atoms with Crippen LogP contribution in [0.15, 0.2) is 24.3 Å². The van der Waals surface area contributed by atoms with E-state index in [0.717, 1.165) is 42.9 Å². The van der Waals surface area contributed by atoms with E-state index in [2.05, 4.69) is 9.88 Å². The number of rotatable bonds is 4. The van der Waals surface area contributed by atoms with Gasteiger partial charge in [-0.05, 0) is 25.0 Å². The molecule has 2 saturated heterocycles. The topological polar surface area (TPSA) is 39.5 Å². The van der Waals surface area contributed by atoms with E-state index >= 15 is 0 Å². The zero-order chi connectivity index (χ0) is 16.5. The van der Waals surface area contributed by atoms with Crippen molar-refractivity contribution in [2.75, 3.05) is 26.3 Å². The van der Waals surface area contributed by atoms with Crippen LogP contribution in [0.1, 0.15) is 18.7 Å². The van der Waals surface area contributed by atoms with Gasteiger partial charge in [-0.1, -0.05) is 12.1 Å². The molecule has 3 heterocycles. The van der Waals surface area contributed by atoms with Crippen molar-refractivity contribution in [3.8, 4) is 0 Å². The molecule has 5 nitrogen and oxygen atoms in total. The van der Waals surface area contributed by atoms with Crippen LogP contribution in [0, 0.1) is 0 Å². The van der Waals surface area contributed by atoms with Crippen LogP contribution < -0.4 is 0 Å². The van der Waals surface area contributed by atoms with E-state index in [9.17, 15) is 4.39 Å². The Morgan fingerprint density at radius 2 is 2.04 bits per heavy atom. The summed E-state index contributed by atoms with van der Waals surface area (Å²) in [5.74, 6) is 0.841. The Balaban J connectivity index is 1.39. The number of aromatic nitrogens is 2. The summed E-state index contributed by atoms with van der Waals surface area (Å²) in [6, 6.07) is 8.42. The molecule has 0 N–H and O–H groups in total. The van der Waals surface area contributed by atoms with Gasteiger partial charge in [-0.2, -0.15) is 0 Å². The van der Waals surface area contributed by atoms with Crippen LogP contribution >= 0.6 is 0 Å². The second-order valence-corrected chi connectivity index (χ2v) is 6.74. The summed E-state index contributed by atoms with van der Waals surface area (Å²) in [4.78, 5) is 6.82. The van der Waals surface area contributed by atoms with E-state index in [0.29, 0.717) is 25.7 Å². The third kappa shape index (κ3) is 3.06. The molecule has 0 aliphatic carbocycles. The minimum Gasteiger partial charge on any atom is -0.381 e. The van der Waals surface area contributed by atoms with Gasteiger partial charge in [0.1, 0.15) is 24.7 Å². The summed E-state index contributed by atoms with van der Waals surface area (Å²) in [6.45, 7) is 3.04. The fourth-order valence-corrected chi connectivity index (χ4v) is 3.77. The summed E-state index contributed by atoms with van der Waals surface area (Å²) >= 11 is 0. The van der Waals surface area contributed by atoms with Crippen LogP contribution in [-0.2, 0) is 23.1 Å². The maximum atomic E-state index is 14.4. The second-order valence-electron chi connectivity index (χ2n) is 6.74. The standard InChI is InChI=1S/C18H24FN3O2/c1-21-16-5-3-2-4-15(16)20-18(21)12-24-17-11-22(10-14(17)19)13-6-8-23-9-7-13/h2-5,13-14,17H,6-12H2,1H3. The van der Waals surface area contributed by atoms with Crippen LogP contribution in [0.2, 0.25) is 0 Å². The number of nitrogens with zero attached hydrogens (tertiary/aromatic N) is 3. The van der Waals surface area contributed by atoms with Gasteiger partial charge in [0, 0.05) is 39.4 Å². The third-order valence-electron chi connectivity index (χ3n) is 5.24. The molecule has 0 radical (unpaired) electrons. The molecule has 0 spiro atoms. The molecular formula is C18H24FN3O2. The van der Waals surface area contributed by atoms with Crippen LogP contribution in [0.4, 0.5) is 4.39 Å². The van der Waals surface area contributed by atoms with Gasteiger partial charge in [-0.3, -0.25) is 4.90 Å². The van der Waals surface area contributed by atoms with Gasteiger partial charge in [0.15, 0.2) is 0 Å². The number of alkyl halides is 1. The first kappa shape index (κ1) is 16.0. The van der Waals surface area contributed by atoms with Gasteiger partial charge in [-0.15, -0.1) is 0 Å². The smallest absolute Gasteiger partial charge is 0.140 e. The molecule has 2 aliphatic heterocycles. The van der Waals surface area contributed by atoms with Crippen molar-refractivity contribution in [3.63, 3.8) is 0 Å². The highest BCUT2D eigenvalue weighted by Gasteiger charge is 2.37. The van der Waals surface area contributed by atoms with Gasteiger partial charge in [0.2, 0.25) is 0 Å². The summed E-state index contributed by atoms with van der Waals surface area (Å²) in [5, 5.41) is 0. The number of halogens is 1. The molecule has 2 aromatic rings. The molecular weight excluding hydrogens is 309 g/mol. The van der Waals surface area contributed by atoms with E-state index in [1.54, 1.807) is 0 Å². The molecule has 4 rings (SSSR count). The Hall–Kier alpha value is -1.50. The molecule has 24 heavy (non-hydrogen) atoms. The number of fused-ring (bicyclic) bond motifs is 1. The third-order valence-corrected chi connectivity index (χ3v) is 5.24. The largest absolute Gasteiger partial charge is 0.381 e. The summed E-state index contributed by atoms with van der Waals surface area (Å²) in [5.41, 5.74) is 2.02. The number of likely N-dealkylation sites (tertiary alicyclic amines) is 1. The zero-order valence-corrected chi connectivity index (χ0v) is 14.0. The maximum Gasteiger partial charge on any atom is 0.140 e. The monoisotopic (exact) mass is 333 g/mol. The minimum absolute atomic E-state index is 0.345. The first-order chi connectivity index (χ1) is 11.7. The molecule has 2 fully saturated rings. The number of benzene rings is 1. The van der Waals surface area contributed by atoms with E-state index < -0.39 is 6.17 Å². The first-order valence-corrected chi connectivity index (χ1v) is 8.70. The zero-order valence-electron chi connectivity index (χ0n) is 14.0. The van der Waals surface area contributed by atoms with Crippen molar-refractivity contribution >= 4 is 11.0 Å². The Morgan fingerprint density at radius 3 is 2.83 bits per heavy atom. The highest BCUT2D eigenvalue weighted by Crippen LogP contribution is 2.25. The quantitative estimate of drug-likeness (QED) is 0.861. The average molecular weight is 333 g/mol. The molecule has 2 atom stereocenters. The first-order valence-electron chi connectivity index (χ1n) is 8.70. The Morgan fingerprint density at radius 1 is 1.25 bits per heavy atom. The van der Waals surface area contributed by atoms with Gasteiger partial charge in [-0.25, -0.2) is 9.37 Å². The minimum atomic E-state index is -0.928. The summed E-state index contributed by atoms with van der Waals surface area (Å²) in [6.07, 6.45) is 0.684. The van der Waals surface area contributed by atoms with E-state index in [4.69, 9.17) is 9.47 Å². The van der Waals surface area contributed by atoms with Crippen LogP contribution in [0.5, 0.6) is 0 Å². The lowest BCUT2D eigenvalue weighted by Crippen LogP contribution is -2.38. The highest BCUT2D eigenvalue weighted by molar-refractivity contribution is 5.75. The second kappa shape index (κ2) is 6.78. The van der Waals surface area contributed by atoms with E-state index in [1.165, 1.54) is 0 Å². The summed E-state index contributed by atoms with van der Waals surface area (Å²) in [7, 11) is 1.98. The van der Waals surface area contributed by atoms with E-state index in [1.807, 2.05) is 35.9 Å². The van der Waals surface area contributed by atoms with E-state index in [-0.39, 0.29) is 6.10 Å². The number of para-hydroxylation sites is 2. The Labute approximate surface area is 141 Å². The molecule has 0 bridgehead atoms. The van der Waals surface area contributed by atoms with Crippen LogP contribution in [0.3, 0.4) is 0 Å². The van der Waals surface area contributed by atoms with Gasteiger partial charge in [0.25, 0.3) is 0 Å². The van der Waals surface area contributed by atoms with Crippen molar-refractivity contribution in [2.24, 2.45) is 7.05 Å². The highest BCUT2D eigenvalue weighted by atomic mass is 19.1. The number of ether oxygens (including phenoxy) is 2. The molecule has 0 amide bonds. The van der Waals surface area contributed by atoms with Gasteiger partial charge >= 0.3 is 0 Å². The van der Waals surface area contributed by atoms with Gasteiger partial charge < -0.3 is 14.0 Å². The SMILES string of the molecule is Cn1c(COC2CN(C3CCOCC3)CC2F)nc2ccccc21. The molecule has 1 aromatic carbocycles. The predicted molar refractivity (Wildman–Crippen MR) is 89.6 cm³/mol. The normalized spacial score (nSPS) is 26.4.